The largest absolute Gasteiger partial charge is 0.395 e. The number of anilines is 1. The van der Waals surface area contributed by atoms with Crippen LogP contribution in [0, 0.1) is 23.3 Å². The molecule has 3 aromatic rings. The van der Waals surface area contributed by atoms with Crippen molar-refractivity contribution in [3.63, 3.8) is 0 Å². The van der Waals surface area contributed by atoms with E-state index in [9.17, 15) is 22.4 Å². The highest BCUT2D eigenvalue weighted by atomic mass is 19.1. The average Bonchev–Trinajstić information content (AvgIpc) is 2.79. The number of nitrogens with one attached hydrogen (secondary N) is 1. The Bertz CT molecular complexity index is 1120. The molecule has 0 aliphatic carbocycles. The maximum Gasteiger partial charge on any atom is 0.242 e. The summed E-state index contributed by atoms with van der Waals surface area (Å²) in [6.07, 6.45) is 2.57. The van der Waals surface area contributed by atoms with E-state index < -0.39 is 47.2 Å². The first-order valence-electron chi connectivity index (χ1n) is 10.5. The number of aliphatic hydroxyl groups is 1. The number of carbonyl (C=O) groups excluding carboxylic acids is 1. The Balaban J connectivity index is 1.93. The Kier molecular flexibility index (Phi) is 8.32. The summed E-state index contributed by atoms with van der Waals surface area (Å²) >= 11 is 0. The quantitative estimate of drug-likeness (QED) is 0.355. The van der Waals surface area contributed by atoms with Crippen molar-refractivity contribution in [2.24, 2.45) is 11.5 Å². The van der Waals surface area contributed by atoms with E-state index in [-0.39, 0.29) is 36.3 Å². The van der Waals surface area contributed by atoms with E-state index in [0.29, 0.717) is 11.6 Å². The van der Waals surface area contributed by atoms with E-state index in [4.69, 9.17) is 16.6 Å². The molecule has 0 bridgehead atoms. The van der Waals surface area contributed by atoms with Crippen molar-refractivity contribution in [1.82, 2.24) is 4.98 Å². The minimum absolute atomic E-state index is 0.0499. The topological polar surface area (TPSA) is 114 Å². The lowest BCUT2D eigenvalue weighted by Gasteiger charge is -2.25. The van der Waals surface area contributed by atoms with Gasteiger partial charge in [-0.25, -0.2) is 17.6 Å². The van der Waals surface area contributed by atoms with E-state index in [2.05, 4.69) is 10.3 Å². The first kappa shape index (κ1) is 25.3. The van der Waals surface area contributed by atoms with Crippen molar-refractivity contribution < 1.29 is 27.5 Å². The lowest BCUT2D eigenvalue weighted by Crippen LogP contribution is -2.41. The second-order valence-corrected chi connectivity index (χ2v) is 7.88. The van der Waals surface area contributed by atoms with Crippen molar-refractivity contribution >= 4 is 11.6 Å². The molecule has 0 radical (unpaired) electrons. The molecule has 34 heavy (non-hydrogen) atoms. The molecule has 0 saturated heterocycles. The minimum Gasteiger partial charge on any atom is -0.395 e. The number of halogens is 4. The van der Waals surface area contributed by atoms with Gasteiger partial charge in [-0.2, -0.15) is 0 Å². The predicted octanol–water partition coefficient (Wildman–Crippen LogP) is 2.99. The highest BCUT2D eigenvalue weighted by Gasteiger charge is 2.29. The van der Waals surface area contributed by atoms with Crippen LogP contribution < -0.4 is 16.8 Å². The Labute approximate surface area is 193 Å². The van der Waals surface area contributed by atoms with Gasteiger partial charge in [-0.1, -0.05) is 12.1 Å². The molecule has 6 N–H and O–H groups in total. The number of benzene rings is 2. The number of carbonyl (C=O) groups is 1. The molecule has 3 atom stereocenters. The zero-order chi connectivity index (χ0) is 24.8. The van der Waals surface area contributed by atoms with Crippen molar-refractivity contribution in [2.45, 2.75) is 30.8 Å². The first-order chi connectivity index (χ1) is 16.2. The van der Waals surface area contributed by atoms with Crippen LogP contribution >= 0.6 is 0 Å². The van der Waals surface area contributed by atoms with Crippen LogP contribution in [0.5, 0.6) is 0 Å². The van der Waals surface area contributed by atoms with Gasteiger partial charge in [-0.3, -0.25) is 9.78 Å². The molecule has 2 aromatic carbocycles. The molecule has 0 saturated carbocycles. The summed E-state index contributed by atoms with van der Waals surface area (Å²) in [6, 6.07) is 5.79. The fraction of sp³-hybridized carbons (Fsp3) is 0.250. The van der Waals surface area contributed by atoms with Gasteiger partial charge in [0.25, 0.3) is 0 Å². The second-order valence-electron chi connectivity index (χ2n) is 7.88. The number of nitrogens with two attached hydrogens (primary N) is 2. The lowest BCUT2D eigenvalue weighted by molar-refractivity contribution is -0.117. The van der Waals surface area contributed by atoms with E-state index in [0.717, 1.165) is 30.5 Å². The molecule has 6 nitrogen and oxygen atoms in total. The third-order valence-electron chi connectivity index (χ3n) is 5.40. The third-order valence-corrected chi connectivity index (χ3v) is 5.40. The minimum atomic E-state index is -1.39. The molecule has 0 unspecified atom stereocenters. The van der Waals surface area contributed by atoms with Crippen LogP contribution in [-0.2, 0) is 11.2 Å². The van der Waals surface area contributed by atoms with E-state index in [1.54, 1.807) is 0 Å². The SMILES string of the molecule is N[C@H](CO)CCc1c(F)cncc1NC(=O)[C@@H](N)[C@@H](c1ccc(F)cc1)c1cc(F)cc(F)c1. The van der Waals surface area contributed by atoms with Gasteiger partial charge in [0, 0.05) is 23.6 Å². The molecule has 3 rings (SSSR count). The smallest absolute Gasteiger partial charge is 0.242 e. The summed E-state index contributed by atoms with van der Waals surface area (Å²) in [6.45, 7) is -0.289. The van der Waals surface area contributed by atoms with Crippen LogP contribution in [0.15, 0.2) is 54.9 Å². The lowest BCUT2D eigenvalue weighted by atomic mass is 9.84. The normalized spacial score (nSPS) is 13.9. The molecule has 10 heteroatoms. The number of aliphatic hydroxyl groups excluding tert-OH is 1. The molecule has 1 aromatic heterocycles. The van der Waals surface area contributed by atoms with Crippen molar-refractivity contribution in [3.8, 4) is 0 Å². The molecular weight excluding hydrogens is 452 g/mol. The van der Waals surface area contributed by atoms with Gasteiger partial charge in [-0.05, 0) is 48.2 Å². The van der Waals surface area contributed by atoms with Gasteiger partial charge >= 0.3 is 0 Å². The number of nitrogens with zero attached hydrogens (tertiary/aromatic N) is 1. The number of rotatable bonds is 9. The molecule has 0 aliphatic rings. The van der Waals surface area contributed by atoms with E-state index in [1.807, 2.05) is 0 Å². The van der Waals surface area contributed by atoms with Gasteiger partial charge in [0.05, 0.1) is 30.7 Å². The van der Waals surface area contributed by atoms with Gasteiger partial charge in [-0.15, -0.1) is 0 Å². The summed E-state index contributed by atoms with van der Waals surface area (Å²) in [7, 11) is 0. The zero-order valence-electron chi connectivity index (χ0n) is 18.0. The van der Waals surface area contributed by atoms with Crippen LogP contribution in [-0.4, -0.2) is 34.7 Å². The Morgan fingerprint density at radius 2 is 1.59 bits per heavy atom. The summed E-state index contributed by atoms with van der Waals surface area (Å²) in [5.74, 6) is -4.78. The van der Waals surface area contributed by atoms with Gasteiger partial charge in [0.1, 0.15) is 23.3 Å². The van der Waals surface area contributed by atoms with Crippen LogP contribution in [0.4, 0.5) is 23.2 Å². The van der Waals surface area contributed by atoms with Crippen molar-refractivity contribution in [3.05, 3.63) is 94.8 Å². The molecule has 1 amide bonds. The summed E-state index contributed by atoms with van der Waals surface area (Å²) in [5.41, 5.74) is 12.5. The van der Waals surface area contributed by atoms with Crippen LogP contribution in [0.3, 0.4) is 0 Å². The third kappa shape index (κ3) is 6.16. The van der Waals surface area contributed by atoms with E-state index in [1.165, 1.54) is 18.3 Å². The van der Waals surface area contributed by atoms with Crippen LogP contribution in [0.1, 0.15) is 29.0 Å². The summed E-state index contributed by atoms with van der Waals surface area (Å²) in [4.78, 5) is 16.8. The zero-order valence-corrected chi connectivity index (χ0v) is 18.0. The first-order valence-corrected chi connectivity index (χ1v) is 10.5. The molecule has 0 fully saturated rings. The van der Waals surface area contributed by atoms with Crippen LogP contribution in [0.2, 0.25) is 0 Å². The molecule has 1 heterocycles. The van der Waals surface area contributed by atoms with Gasteiger partial charge in [0.2, 0.25) is 5.91 Å². The standard InChI is InChI=1S/C24H24F4N4O2/c25-15-3-1-13(2-4-15)22(14-7-16(26)9-17(27)8-14)23(30)24(34)32-21-11-31-10-20(28)19(21)6-5-18(29)12-33/h1-4,7-11,18,22-23,33H,5-6,12,29-30H2,(H,32,34)/t18-,22-,23-/m0/s1. The Morgan fingerprint density at radius 3 is 2.21 bits per heavy atom. The maximum atomic E-state index is 14.4. The molecule has 0 spiro atoms. The summed E-state index contributed by atoms with van der Waals surface area (Å²) < 4.78 is 55.7. The Morgan fingerprint density at radius 1 is 0.941 bits per heavy atom. The fourth-order valence-electron chi connectivity index (χ4n) is 3.64. The van der Waals surface area contributed by atoms with Gasteiger partial charge < -0.3 is 21.9 Å². The fourth-order valence-corrected chi connectivity index (χ4v) is 3.64. The maximum absolute atomic E-state index is 14.4. The molecular formula is C24H24F4N4O2. The molecule has 180 valence electrons. The number of hydrogen-bond acceptors (Lipinski definition) is 5. The number of hydrogen-bond donors (Lipinski definition) is 4. The predicted molar refractivity (Wildman–Crippen MR) is 119 cm³/mol. The summed E-state index contributed by atoms with van der Waals surface area (Å²) in [5, 5.41) is 11.6. The van der Waals surface area contributed by atoms with Gasteiger partial charge in [0.15, 0.2) is 0 Å². The second kappa shape index (κ2) is 11.2. The monoisotopic (exact) mass is 476 g/mol. The highest BCUT2D eigenvalue weighted by Crippen LogP contribution is 2.30. The molecule has 0 aliphatic heterocycles. The highest BCUT2D eigenvalue weighted by molar-refractivity contribution is 5.96. The van der Waals surface area contributed by atoms with Crippen molar-refractivity contribution in [2.75, 3.05) is 11.9 Å². The van der Waals surface area contributed by atoms with E-state index >= 15 is 0 Å². The number of amides is 1. The number of aromatic nitrogens is 1. The average molecular weight is 476 g/mol. The number of pyridine rings is 1. The van der Waals surface area contributed by atoms with Crippen LogP contribution in [0.25, 0.3) is 0 Å². The Hall–Kier alpha value is -3.34. The van der Waals surface area contributed by atoms with Crippen molar-refractivity contribution in [1.29, 1.82) is 0 Å².